The maximum Gasteiger partial charge on any atom is 0.233 e. The molecule has 3 rings (SSSR count). The summed E-state index contributed by atoms with van der Waals surface area (Å²) in [6, 6.07) is 6.02. The molecule has 2 aromatic rings. The van der Waals surface area contributed by atoms with Gasteiger partial charge in [0, 0.05) is 56.5 Å². The Morgan fingerprint density at radius 3 is 2.36 bits per heavy atom. The highest BCUT2D eigenvalue weighted by molar-refractivity contribution is 7.99. The summed E-state index contributed by atoms with van der Waals surface area (Å²) in [5, 5.41) is 0.683. The number of carbonyl (C=O) groups excluding carboxylic acids is 1. The van der Waals surface area contributed by atoms with Crippen LogP contribution in [0, 0.1) is 13.8 Å². The van der Waals surface area contributed by atoms with Gasteiger partial charge in [-0.15, -0.1) is 0 Å². The molecule has 0 aromatic carbocycles. The van der Waals surface area contributed by atoms with Crippen LogP contribution in [0.5, 0.6) is 0 Å². The number of hydrogen-bond acceptors (Lipinski definition) is 6. The van der Waals surface area contributed by atoms with Gasteiger partial charge in [-0.1, -0.05) is 11.8 Å². The van der Waals surface area contributed by atoms with Gasteiger partial charge in [-0.3, -0.25) is 14.7 Å². The molecular formula is C18H23N5OS. The van der Waals surface area contributed by atoms with Crippen molar-refractivity contribution in [3.8, 4) is 0 Å². The Kier molecular flexibility index (Phi) is 5.99. The van der Waals surface area contributed by atoms with Crippen LogP contribution in [-0.4, -0.2) is 62.6 Å². The highest BCUT2D eigenvalue weighted by atomic mass is 32.2. The van der Waals surface area contributed by atoms with Gasteiger partial charge in [0.05, 0.1) is 5.75 Å². The summed E-state index contributed by atoms with van der Waals surface area (Å²) in [5.41, 5.74) is 3.14. The maximum absolute atomic E-state index is 12.4. The van der Waals surface area contributed by atoms with Crippen molar-refractivity contribution in [1.29, 1.82) is 0 Å². The number of rotatable bonds is 5. The number of thioether (sulfide) groups is 1. The number of pyridine rings is 1. The number of aryl methyl sites for hydroxylation is 2. The lowest BCUT2D eigenvalue weighted by Gasteiger charge is -2.34. The van der Waals surface area contributed by atoms with Gasteiger partial charge in [-0.05, 0) is 37.6 Å². The van der Waals surface area contributed by atoms with E-state index in [4.69, 9.17) is 0 Å². The number of hydrogen-bond donors (Lipinski definition) is 0. The Balaban J connectivity index is 1.45. The van der Waals surface area contributed by atoms with Crippen molar-refractivity contribution in [3.63, 3.8) is 0 Å². The van der Waals surface area contributed by atoms with Crippen LogP contribution < -0.4 is 0 Å². The summed E-state index contributed by atoms with van der Waals surface area (Å²) in [7, 11) is 0. The van der Waals surface area contributed by atoms with Crippen molar-refractivity contribution in [3.05, 3.63) is 47.5 Å². The zero-order chi connectivity index (χ0) is 17.6. The topological polar surface area (TPSA) is 62.2 Å². The van der Waals surface area contributed by atoms with Crippen molar-refractivity contribution in [1.82, 2.24) is 24.8 Å². The fraction of sp³-hybridized carbons (Fsp3) is 0.444. The van der Waals surface area contributed by atoms with E-state index < -0.39 is 0 Å². The lowest BCUT2D eigenvalue weighted by atomic mass is 10.2. The van der Waals surface area contributed by atoms with Crippen molar-refractivity contribution >= 4 is 17.7 Å². The second-order valence-corrected chi connectivity index (χ2v) is 7.18. The molecule has 0 aliphatic carbocycles. The first-order valence-electron chi connectivity index (χ1n) is 8.44. The molecule has 132 valence electrons. The third kappa shape index (κ3) is 5.24. The summed E-state index contributed by atoms with van der Waals surface area (Å²) in [6.45, 7) is 8.16. The van der Waals surface area contributed by atoms with E-state index >= 15 is 0 Å². The molecule has 1 amide bonds. The monoisotopic (exact) mass is 357 g/mol. The summed E-state index contributed by atoms with van der Waals surface area (Å²) >= 11 is 1.42. The molecule has 0 bridgehead atoms. The molecule has 25 heavy (non-hydrogen) atoms. The minimum atomic E-state index is 0.163. The molecule has 1 saturated heterocycles. The molecule has 1 aliphatic heterocycles. The highest BCUT2D eigenvalue weighted by Crippen LogP contribution is 2.16. The van der Waals surface area contributed by atoms with Crippen molar-refractivity contribution < 1.29 is 4.79 Å². The molecule has 2 aromatic heterocycles. The Morgan fingerprint density at radius 1 is 1.08 bits per heavy atom. The predicted octanol–water partition coefficient (Wildman–Crippen LogP) is 1.92. The molecule has 7 heteroatoms. The van der Waals surface area contributed by atoms with Crippen molar-refractivity contribution in [2.75, 3.05) is 31.9 Å². The molecule has 0 radical (unpaired) electrons. The summed E-state index contributed by atoms with van der Waals surface area (Å²) in [5.74, 6) is 0.559. The molecule has 0 N–H and O–H groups in total. The average Bonchev–Trinajstić information content (AvgIpc) is 2.60. The van der Waals surface area contributed by atoms with Gasteiger partial charge in [0.15, 0.2) is 5.16 Å². The number of amides is 1. The SMILES string of the molecule is Cc1cc(C)nc(SCC(=O)N2CCN(Cc3ccncc3)CC2)n1. The fourth-order valence-electron chi connectivity index (χ4n) is 2.88. The lowest BCUT2D eigenvalue weighted by molar-refractivity contribution is -0.130. The number of nitrogens with zero attached hydrogens (tertiary/aromatic N) is 5. The van der Waals surface area contributed by atoms with Crippen LogP contribution in [0.1, 0.15) is 17.0 Å². The molecule has 0 spiro atoms. The highest BCUT2D eigenvalue weighted by Gasteiger charge is 2.21. The van der Waals surface area contributed by atoms with Gasteiger partial charge in [-0.2, -0.15) is 0 Å². The maximum atomic E-state index is 12.4. The summed E-state index contributed by atoms with van der Waals surface area (Å²) in [6.07, 6.45) is 3.64. The third-order valence-corrected chi connectivity index (χ3v) is 5.00. The van der Waals surface area contributed by atoms with Crippen LogP contribution in [0.15, 0.2) is 35.7 Å². The Hall–Kier alpha value is -1.99. The van der Waals surface area contributed by atoms with Crippen molar-refractivity contribution in [2.45, 2.75) is 25.5 Å². The zero-order valence-electron chi connectivity index (χ0n) is 14.7. The van der Waals surface area contributed by atoms with Crippen LogP contribution in [0.25, 0.3) is 0 Å². The molecule has 1 aliphatic rings. The first-order valence-corrected chi connectivity index (χ1v) is 9.43. The average molecular weight is 357 g/mol. The van der Waals surface area contributed by atoms with E-state index in [-0.39, 0.29) is 5.91 Å². The Bertz CT molecular complexity index is 696. The summed E-state index contributed by atoms with van der Waals surface area (Å²) in [4.78, 5) is 29.5. The third-order valence-electron chi connectivity index (χ3n) is 4.17. The van der Waals surface area contributed by atoms with E-state index in [2.05, 4.69) is 19.9 Å². The zero-order valence-corrected chi connectivity index (χ0v) is 15.5. The van der Waals surface area contributed by atoms with Crippen LogP contribution in [0.4, 0.5) is 0 Å². The Labute approximate surface area is 152 Å². The van der Waals surface area contributed by atoms with E-state index in [1.165, 1.54) is 17.3 Å². The van der Waals surface area contributed by atoms with E-state index in [1.807, 2.05) is 49.3 Å². The van der Waals surface area contributed by atoms with Gasteiger partial charge in [0.25, 0.3) is 0 Å². The molecule has 0 saturated carbocycles. The summed E-state index contributed by atoms with van der Waals surface area (Å²) < 4.78 is 0. The minimum Gasteiger partial charge on any atom is -0.339 e. The van der Waals surface area contributed by atoms with Crippen LogP contribution in [-0.2, 0) is 11.3 Å². The first-order chi connectivity index (χ1) is 12.1. The normalized spacial score (nSPS) is 15.4. The largest absolute Gasteiger partial charge is 0.339 e. The molecule has 0 unspecified atom stereocenters. The van der Waals surface area contributed by atoms with Gasteiger partial charge in [-0.25, -0.2) is 9.97 Å². The molecule has 0 atom stereocenters. The Morgan fingerprint density at radius 2 is 1.72 bits per heavy atom. The van der Waals surface area contributed by atoms with Crippen molar-refractivity contribution in [2.24, 2.45) is 0 Å². The smallest absolute Gasteiger partial charge is 0.233 e. The standard InChI is InChI=1S/C18H23N5OS/c1-14-11-15(2)21-18(20-14)25-13-17(24)23-9-7-22(8-10-23)12-16-3-5-19-6-4-16/h3-6,11H,7-10,12-13H2,1-2H3. The molecule has 1 fully saturated rings. The van der Waals surface area contributed by atoms with Gasteiger partial charge >= 0.3 is 0 Å². The second-order valence-electron chi connectivity index (χ2n) is 6.23. The lowest BCUT2D eigenvalue weighted by Crippen LogP contribution is -2.48. The van der Waals surface area contributed by atoms with Crippen LogP contribution >= 0.6 is 11.8 Å². The number of piperazine rings is 1. The van der Waals surface area contributed by atoms with Gasteiger partial charge in [0.2, 0.25) is 5.91 Å². The molecule has 6 nitrogen and oxygen atoms in total. The quantitative estimate of drug-likeness (QED) is 0.602. The van der Waals surface area contributed by atoms with E-state index in [0.29, 0.717) is 10.9 Å². The van der Waals surface area contributed by atoms with E-state index in [9.17, 15) is 4.79 Å². The molecule has 3 heterocycles. The van der Waals surface area contributed by atoms with Crippen LogP contribution in [0.2, 0.25) is 0 Å². The molecular weight excluding hydrogens is 334 g/mol. The predicted molar refractivity (Wildman–Crippen MR) is 98.3 cm³/mol. The van der Waals surface area contributed by atoms with E-state index in [0.717, 1.165) is 44.1 Å². The number of aromatic nitrogens is 3. The number of carbonyl (C=O) groups is 1. The van der Waals surface area contributed by atoms with Crippen LogP contribution in [0.3, 0.4) is 0 Å². The second kappa shape index (κ2) is 8.40. The fourth-order valence-corrected chi connectivity index (χ4v) is 3.73. The van der Waals surface area contributed by atoms with Gasteiger partial charge < -0.3 is 4.90 Å². The first kappa shape index (κ1) is 17.8. The van der Waals surface area contributed by atoms with E-state index in [1.54, 1.807) is 0 Å². The minimum absolute atomic E-state index is 0.163. The van der Waals surface area contributed by atoms with Gasteiger partial charge in [0.1, 0.15) is 0 Å².